The minimum Gasteiger partial charge on any atom is -0.457 e. The van der Waals surface area contributed by atoms with Gasteiger partial charge in [0, 0.05) is 22.0 Å². The molecule has 0 spiro atoms. The van der Waals surface area contributed by atoms with Crippen LogP contribution in [-0.2, 0) is 6.54 Å². The van der Waals surface area contributed by atoms with E-state index in [1.807, 2.05) is 18.2 Å². The second-order valence-corrected chi connectivity index (χ2v) is 23.6. The van der Waals surface area contributed by atoms with Gasteiger partial charge >= 0.3 is 0 Å². The Kier molecular flexibility index (Phi) is 23.3. The highest BCUT2D eigenvalue weighted by Gasteiger charge is 2.19. The number of ether oxygens (including phenoxy) is 3. The van der Waals surface area contributed by atoms with Gasteiger partial charge in [-0.2, -0.15) is 15.6 Å². The lowest BCUT2D eigenvalue weighted by Crippen LogP contribution is -2.20. The quantitative estimate of drug-likeness (QED) is 0.0587. The summed E-state index contributed by atoms with van der Waals surface area (Å²) in [7, 11) is -1.25. The number of nitrogens with zero attached hydrogens (tertiary/aromatic N) is 4. The average Bonchev–Trinajstić information content (AvgIpc) is 3.92. The van der Waals surface area contributed by atoms with Crippen molar-refractivity contribution >= 4 is 80.8 Å². The highest BCUT2D eigenvalue weighted by Crippen LogP contribution is 2.36. The van der Waals surface area contributed by atoms with Gasteiger partial charge in [-0.1, -0.05) is 162 Å². The lowest BCUT2D eigenvalue weighted by atomic mass is 10.2. The van der Waals surface area contributed by atoms with E-state index < -0.39 is 27.5 Å². The van der Waals surface area contributed by atoms with Crippen LogP contribution in [0.5, 0.6) is 34.5 Å². The summed E-state index contributed by atoms with van der Waals surface area (Å²) < 4.78 is 45.9. The lowest BCUT2D eigenvalue weighted by molar-refractivity contribution is 0.112. The number of benzene rings is 10. The van der Waals surface area contributed by atoms with E-state index in [1.165, 1.54) is 62.2 Å². The van der Waals surface area contributed by atoms with Crippen molar-refractivity contribution in [3.8, 4) is 46.6 Å². The molecule has 0 saturated heterocycles. The fraction of sp³-hybridized carbons (Fsp3) is 0.0725. The van der Waals surface area contributed by atoms with Crippen molar-refractivity contribution in [3.63, 3.8) is 0 Å². The van der Waals surface area contributed by atoms with Crippen LogP contribution in [0.15, 0.2) is 253 Å². The van der Waals surface area contributed by atoms with Crippen LogP contribution in [-0.4, -0.2) is 46.0 Å². The molecule has 85 heavy (non-hydrogen) atoms. The summed E-state index contributed by atoms with van der Waals surface area (Å²) in [4.78, 5) is 10.8. The Labute approximate surface area is 503 Å². The van der Waals surface area contributed by atoms with Gasteiger partial charge in [-0.3, -0.25) is 9.48 Å². The summed E-state index contributed by atoms with van der Waals surface area (Å²) >= 11 is 3.22. The molecule has 0 aliphatic carbocycles. The van der Waals surface area contributed by atoms with E-state index in [-0.39, 0.29) is 30.1 Å². The largest absolute Gasteiger partial charge is 0.457 e. The predicted molar refractivity (Wildman–Crippen MR) is 340 cm³/mol. The van der Waals surface area contributed by atoms with Crippen LogP contribution < -0.4 is 51.8 Å². The molecule has 1 aromatic heterocycles. The van der Waals surface area contributed by atoms with Gasteiger partial charge in [0.25, 0.3) is 0 Å². The number of aliphatic hydroxyl groups excluding tert-OH is 2. The van der Waals surface area contributed by atoms with Crippen molar-refractivity contribution < 1.29 is 38.0 Å². The molecule has 1 heterocycles. The van der Waals surface area contributed by atoms with Gasteiger partial charge in [0.1, 0.15) is 58.3 Å². The molecule has 0 amide bonds. The summed E-state index contributed by atoms with van der Waals surface area (Å²) in [6.07, 6.45) is 3.08. The van der Waals surface area contributed by atoms with Crippen LogP contribution >= 0.6 is 31.8 Å². The van der Waals surface area contributed by atoms with Crippen molar-refractivity contribution in [1.82, 2.24) is 9.78 Å². The molecular weight excluding hydrogens is 1170 g/mol. The monoisotopic (exact) mass is 1230 g/mol. The van der Waals surface area contributed by atoms with Crippen molar-refractivity contribution in [3.05, 3.63) is 282 Å². The van der Waals surface area contributed by atoms with E-state index in [0.29, 0.717) is 46.7 Å². The second-order valence-electron chi connectivity index (χ2n) is 18.3. The summed E-state index contributed by atoms with van der Waals surface area (Å²) in [6, 6.07) is 81.7. The smallest absolute Gasteiger partial charge is 0.151 e. The molecule has 0 bridgehead atoms. The van der Waals surface area contributed by atoms with Crippen LogP contribution in [0.2, 0.25) is 0 Å². The van der Waals surface area contributed by atoms with Gasteiger partial charge in [-0.05, 0) is 158 Å². The van der Waals surface area contributed by atoms with E-state index in [9.17, 15) is 13.6 Å². The Morgan fingerprint density at radius 2 is 0.929 bits per heavy atom. The molecule has 10 aromatic carbocycles. The third-order valence-corrected chi connectivity index (χ3v) is 18.1. The number of halogens is 3. The number of hydrogen-bond donors (Lipinski definition) is 3. The van der Waals surface area contributed by atoms with Crippen LogP contribution in [0.4, 0.5) is 8.78 Å². The molecular formula is C69H56BrF2N5O6P2. The zero-order valence-electron chi connectivity index (χ0n) is 45.7. The molecule has 0 unspecified atom stereocenters. The molecule has 11 nitrogen and oxygen atoms in total. The number of rotatable bonds is 17. The Hall–Kier alpha value is -9.20. The number of nitrogens with two attached hydrogens (primary N) is 1. The maximum Gasteiger partial charge on any atom is 0.151 e. The van der Waals surface area contributed by atoms with Gasteiger partial charge in [-0.25, -0.2) is 8.78 Å². The predicted octanol–water partition coefficient (Wildman–Crippen LogP) is 13.2. The Morgan fingerprint density at radius 3 is 1.32 bits per heavy atom. The standard InChI is InChI=1S/C36H28OP2.C16H12FN3O2.C14H7BrFNO2.C3H9NO/c1-5-13-31(14-6-1)38(32-15-7-2-8-16-32)35-25-21-29(22-26-35)37-30-23-27-36(28-24-30)39(33-17-9-3-10-18-33)34-19-11-4-12-20-34;17-13-1-4-16(11(7-13)9-18)22-14-2-3-15-12(8-14)10-19-20(15)5-6-21;15-13-3-2-12(6-10(13)8-18)19-14-4-1-11(16)5-9(14)7-17;4-2-1-3-5/h1-28H;1-4,7-8,10,21H,5-6H2;1-6,8H;5H,1-4H2. The fourth-order valence-corrected chi connectivity index (χ4v) is 13.3. The molecule has 11 aromatic rings. The third-order valence-electron chi connectivity index (χ3n) is 12.4. The number of aliphatic hydroxyl groups is 2. The number of aromatic nitrogens is 2. The summed E-state index contributed by atoms with van der Waals surface area (Å²) in [5.41, 5.74) is 6.51. The van der Waals surface area contributed by atoms with Crippen molar-refractivity contribution in [2.45, 2.75) is 13.0 Å². The SMILES string of the molecule is N#Cc1cc(F)ccc1Oc1ccc(Br)c(C=O)c1.N#Cc1cc(F)ccc1Oc1ccc2c(cnn2CCO)c1.NCCCO.c1ccc(P(c2ccccc2)c2ccc(Oc3ccc(P(c4ccccc4)c4ccccc4)cc3)cc2)cc1. The molecule has 0 aliphatic rings. The number of aldehydes is 1. The minimum absolute atomic E-state index is 0.0101. The maximum absolute atomic E-state index is 13.1. The first-order valence-electron chi connectivity index (χ1n) is 26.7. The molecule has 16 heteroatoms. The van der Waals surface area contributed by atoms with E-state index >= 15 is 0 Å². The number of fused-ring (bicyclic) bond motifs is 1. The summed E-state index contributed by atoms with van der Waals surface area (Å²) in [6.45, 7) is 1.24. The Balaban J connectivity index is 0.000000173. The van der Waals surface area contributed by atoms with Gasteiger partial charge in [-0.15, -0.1) is 0 Å². The number of carbonyl (C=O) groups is 1. The molecule has 4 N–H and O–H groups in total. The van der Waals surface area contributed by atoms with Crippen LogP contribution in [0, 0.1) is 34.3 Å². The topological polar surface area (TPSA) is 177 Å². The fourth-order valence-electron chi connectivity index (χ4n) is 8.44. The summed E-state index contributed by atoms with van der Waals surface area (Å²) in [5.74, 6) is 2.16. The highest BCUT2D eigenvalue weighted by atomic mass is 79.9. The zero-order chi connectivity index (χ0) is 59.8. The molecule has 0 fully saturated rings. The summed E-state index contributed by atoms with van der Waals surface area (Å²) in [5, 5.41) is 47.9. The minimum atomic E-state index is -0.627. The van der Waals surface area contributed by atoms with Crippen molar-refractivity contribution in [2.24, 2.45) is 5.73 Å². The Bertz CT molecular complexity index is 3780. The number of nitriles is 2. The first kappa shape index (κ1) is 61.9. The molecule has 0 radical (unpaired) electrons. The number of carbonyl (C=O) groups excluding carboxylic acids is 1. The van der Waals surface area contributed by atoms with Crippen molar-refractivity contribution in [1.29, 1.82) is 10.5 Å². The van der Waals surface area contributed by atoms with Gasteiger partial charge < -0.3 is 30.2 Å². The van der Waals surface area contributed by atoms with Gasteiger partial charge in [0.05, 0.1) is 36.0 Å². The van der Waals surface area contributed by atoms with Crippen LogP contribution in [0.25, 0.3) is 10.9 Å². The zero-order valence-corrected chi connectivity index (χ0v) is 49.1. The molecule has 0 atom stereocenters. The van der Waals surface area contributed by atoms with Crippen LogP contribution in [0.3, 0.4) is 0 Å². The first-order chi connectivity index (χ1) is 41.6. The van der Waals surface area contributed by atoms with Gasteiger partial charge in [0.2, 0.25) is 0 Å². The molecule has 11 rings (SSSR count). The first-order valence-corrected chi connectivity index (χ1v) is 30.1. The van der Waals surface area contributed by atoms with Crippen LogP contribution in [0.1, 0.15) is 27.9 Å². The van der Waals surface area contributed by atoms with E-state index in [1.54, 1.807) is 35.1 Å². The normalized spacial score (nSPS) is 10.5. The lowest BCUT2D eigenvalue weighted by Gasteiger charge is -2.20. The number of hydrogen-bond acceptors (Lipinski definition) is 10. The Morgan fingerprint density at radius 1 is 0.518 bits per heavy atom. The molecule has 0 aliphatic heterocycles. The van der Waals surface area contributed by atoms with Gasteiger partial charge in [0.15, 0.2) is 6.29 Å². The average molecular weight is 1230 g/mol. The third kappa shape index (κ3) is 17.4. The second kappa shape index (κ2) is 32.0. The van der Waals surface area contributed by atoms with Crippen molar-refractivity contribution in [2.75, 3.05) is 19.8 Å². The molecule has 424 valence electrons. The molecule has 0 saturated carbocycles. The van der Waals surface area contributed by atoms with E-state index in [0.717, 1.165) is 41.0 Å². The maximum atomic E-state index is 13.1. The highest BCUT2D eigenvalue weighted by molar-refractivity contribution is 9.10. The van der Waals surface area contributed by atoms with E-state index in [4.69, 9.17) is 40.7 Å². The van der Waals surface area contributed by atoms with E-state index in [2.05, 4.69) is 191 Å².